The Morgan fingerprint density at radius 2 is 2.29 bits per heavy atom. The molecule has 2 aromatic heterocycles. The van der Waals surface area contributed by atoms with Crippen molar-refractivity contribution in [2.24, 2.45) is 0 Å². The molecule has 0 bridgehead atoms. The smallest absolute Gasteiger partial charge is 0.319 e. The summed E-state index contributed by atoms with van der Waals surface area (Å²) in [5.74, 6) is 0.514. The highest BCUT2D eigenvalue weighted by Crippen LogP contribution is 2.17. The minimum absolute atomic E-state index is 0.275. The zero-order valence-corrected chi connectivity index (χ0v) is 12.6. The second-order valence-electron chi connectivity index (χ2n) is 4.67. The second-order valence-corrected chi connectivity index (χ2v) is 5.07. The molecule has 2 N–H and O–H groups in total. The third kappa shape index (κ3) is 4.44. The van der Waals surface area contributed by atoms with Crippen molar-refractivity contribution in [3.05, 3.63) is 35.7 Å². The number of nitrogens with one attached hydrogen (secondary N) is 2. The molecule has 21 heavy (non-hydrogen) atoms. The first-order chi connectivity index (χ1) is 10.1. The highest BCUT2D eigenvalue weighted by molar-refractivity contribution is 6.32. The van der Waals surface area contributed by atoms with E-state index in [-0.39, 0.29) is 6.03 Å². The van der Waals surface area contributed by atoms with Gasteiger partial charge in [0.1, 0.15) is 0 Å². The fourth-order valence-corrected chi connectivity index (χ4v) is 1.83. The minimum Gasteiger partial charge on any atom is -0.337 e. The summed E-state index contributed by atoms with van der Waals surface area (Å²) in [4.78, 5) is 17.8. The van der Waals surface area contributed by atoms with Gasteiger partial charge in [0.2, 0.25) is 0 Å². The summed E-state index contributed by atoms with van der Waals surface area (Å²) in [6.45, 7) is 1.34. The molecule has 0 saturated carbocycles. The number of rotatable bonds is 5. The zero-order valence-electron chi connectivity index (χ0n) is 11.9. The van der Waals surface area contributed by atoms with Crippen molar-refractivity contribution in [3.63, 3.8) is 0 Å². The van der Waals surface area contributed by atoms with Crippen LogP contribution >= 0.6 is 11.6 Å². The van der Waals surface area contributed by atoms with Gasteiger partial charge >= 0.3 is 6.03 Å². The number of hydrogen-bond donors (Lipinski definition) is 2. The zero-order chi connectivity index (χ0) is 15.2. The molecule has 0 aliphatic rings. The molecule has 2 rings (SSSR count). The highest BCUT2D eigenvalue weighted by atomic mass is 35.5. The van der Waals surface area contributed by atoms with E-state index in [4.69, 9.17) is 11.6 Å². The number of likely N-dealkylation sites (N-methyl/N-ethyl adjacent to an activating group) is 1. The molecular formula is C13H17ClN6O. The lowest BCUT2D eigenvalue weighted by Gasteiger charge is -2.10. The van der Waals surface area contributed by atoms with E-state index < -0.39 is 0 Å². The third-order valence-corrected chi connectivity index (χ3v) is 2.94. The number of anilines is 1. The van der Waals surface area contributed by atoms with Gasteiger partial charge in [0.05, 0.1) is 23.1 Å². The maximum atomic E-state index is 11.7. The van der Waals surface area contributed by atoms with Crippen LogP contribution in [0.1, 0.15) is 0 Å². The molecule has 0 atom stereocenters. The molecule has 112 valence electrons. The van der Waals surface area contributed by atoms with Crippen molar-refractivity contribution in [2.75, 3.05) is 32.5 Å². The Morgan fingerprint density at radius 1 is 1.48 bits per heavy atom. The van der Waals surface area contributed by atoms with Crippen LogP contribution in [-0.4, -0.2) is 52.9 Å². The van der Waals surface area contributed by atoms with Crippen molar-refractivity contribution >= 4 is 23.3 Å². The van der Waals surface area contributed by atoms with Gasteiger partial charge in [0.15, 0.2) is 5.82 Å². The molecule has 0 spiro atoms. The molecule has 7 nitrogen and oxygen atoms in total. The molecule has 0 radical (unpaired) electrons. The molecule has 0 fully saturated rings. The van der Waals surface area contributed by atoms with E-state index in [9.17, 15) is 4.79 Å². The van der Waals surface area contributed by atoms with Crippen molar-refractivity contribution in [1.82, 2.24) is 25.0 Å². The van der Waals surface area contributed by atoms with E-state index in [1.807, 2.05) is 19.0 Å². The van der Waals surface area contributed by atoms with Gasteiger partial charge in [-0.05, 0) is 26.2 Å². The van der Waals surface area contributed by atoms with Gasteiger partial charge in [-0.1, -0.05) is 11.6 Å². The van der Waals surface area contributed by atoms with Crippen LogP contribution in [0.15, 0.2) is 30.7 Å². The Bertz CT molecular complexity index is 612. The Hall–Kier alpha value is -2.12. The van der Waals surface area contributed by atoms with Crippen LogP contribution in [0.25, 0.3) is 5.82 Å². The SMILES string of the molecule is CN(C)CCNC(=O)Nc1cnn(-c2ncccc2Cl)c1. The van der Waals surface area contributed by atoms with E-state index in [0.717, 1.165) is 6.54 Å². The number of halogens is 1. The third-order valence-electron chi connectivity index (χ3n) is 2.64. The predicted octanol–water partition coefficient (Wildman–Crippen LogP) is 1.60. The molecule has 0 aliphatic carbocycles. The second kappa shape index (κ2) is 7.05. The van der Waals surface area contributed by atoms with Gasteiger partial charge in [0, 0.05) is 19.3 Å². The molecule has 0 saturated heterocycles. The van der Waals surface area contributed by atoms with Crippen molar-refractivity contribution < 1.29 is 4.79 Å². The van der Waals surface area contributed by atoms with Crippen LogP contribution in [-0.2, 0) is 0 Å². The molecule has 2 aromatic rings. The lowest BCUT2D eigenvalue weighted by molar-refractivity contribution is 0.250. The van der Waals surface area contributed by atoms with Crippen LogP contribution < -0.4 is 10.6 Å². The quantitative estimate of drug-likeness (QED) is 0.880. The van der Waals surface area contributed by atoms with E-state index in [1.54, 1.807) is 24.5 Å². The first-order valence-corrected chi connectivity index (χ1v) is 6.79. The lowest BCUT2D eigenvalue weighted by Crippen LogP contribution is -2.34. The number of nitrogens with zero attached hydrogens (tertiary/aromatic N) is 4. The van der Waals surface area contributed by atoms with Crippen LogP contribution in [0.4, 0.5) is 10.5 Å². The summed E-state index contributed by atoms with van der Waals surface area (Å²) in [7, 11) is 3.89. The van der Waals surface area contributed by atoms with Crippen LogP contribution in [0.3, 0.4) is 0 Å². The number of amides is 2. The van der Waals surface area contributed by atoms with Crippen LogP contribution in [0.5, 0.6) is 0 Å². The first-order valence-electron chi connectivity index (χ1n) is 6.41. The molecule has 2 heterocycles. The largest absolute Gasteiger partial charge is 0.337 e. The highest BCUT2D eigenvalue weighted by Gasteiger charge is 2.08. The topological polar surface area (TPSA) is 75.1 Å². The van der Waals surface area contributed by atoms with Gasteiger partial charge < -0.3 is 15.5 Å². The summed E-state index contributed by atoms with van der Waals surface area (Å²) < 4.78 is 1.51. The van der Waals surface area contributed by atoms with E-state index in [1.165, 1.54) is 10.9 Å². The predicted molar refractivity (Wildman–Crippen MR) is 81.9 cm³/mol. The Morgan fingerprint density at radius 3 is 3.00 bits per heavy atom. The van der Waals surface area contributed by atoms with Crippen molar-refractivity contribution in [3.8, 4) is 5.82 Å². The van der Waals surface area contributed by atoms with Gasteiger partial charge in [-0.25, -0.2) is 14.5 Å². The summed E-state index contributed by atoms with van der Waals surface area (Å²) in [6, 6.07) is 3.20. The molecule has 2 amide bonds. The molecule has 0 unspecified atom stereocenters. The van der Waals surface area contributed by atoms with E-state index in [2.05, 4.69) is 20.7 Å². The van der Waals surface area contributed by atoms with Crippen LogP contribution in [0, 0.1) is 0 Å². The number of pyridine rings is 1. The Labute approximate surface area is 127 Å². The monoisotopic (exact) mass is 308 g/mol. The fourth-order valence-electron chi connectivity index (χ4n) is 1.62. The molecule has 8 heteroatoms. The Kier molecular flexibility index (Phi) is 5.13. The summed E-state index contributed by atoms with van der Waals surface area (Å²) in [6.07, 6.45) is 4.82. The van der Waals surface area contributed by atoms with Gasteiger partial charge in [-0.15, -0.1) is 0 Å². The molecular weight excluding hydrogens is 292 g/mol. The maximum absolute atomic E-state index is 11.7. The van der Waals surface area contributed by atoms with Gasteiger partial charge in [0.25, 0.3) is 0 Å². The molecule has 0 aliphatic heterocycles. The average Bonchev–Trinajstić information content (AvgIpc) is 2.87. The number of carbonyl (C=O) groups is 1. The lowest BCUT2D eigenvalue weighted by atomic mass is 10.4. The number of hydrogen-bond acceptors (Lipinski definition) is 4. The number of aromatic nitrogens is 3. The van der Waals surface area contributed by atoms with Gasteiger partial charge in [-0.3, -0.25) is 0 Å². The van der Waals surface area contributed by atoms with E-state index in [0.29, 0.717) is 23.1 Å². The summed E-state index contributed by atoms with van der Waals surface area (Å²) >= 11 is 6.04. The average molecular weight is 309 g/mol. The maximum Gasteiger partial charge on any atom is 0.319 e. The first kappa shape index (κ1) is 15.3. The summed E-state index contributed by atoms with van der Waals surface area (Å²) in [5, 5.41) is 10.1. The minimum atomic E-state index is -0.275. The standard InChI is InChI=1S/C13H17ClN6O/c1-19(2)7-6-16-13(21)18-10-8-17-20(9-10)12-11(14)4-3-5-15-12/h3-5,8-9H,6-7H2,1-2H3,(H2,16,18,21). The molecule has 0 aromatic carbocycles. The van der Waals surface area contributed by atoms with Crippen molar-refractivity contribution in [2.45, 2.75) is 0 Å². The van der Waals surface area contributed by atoms with Gasteiger partial charge in [-0.2, -0.15) is 5.10 Å². The van der Waals surface area contributed by atoms with Crippen molar-refractivity contribution in [1.29, 1.82) is 0 Å². The Balaban J connectivity index is 1.94. The number of urea groups is 1. The van der Waals surface area contributed by atoms with E-state index >= 15 is 0 Å². The fraction of sp³-hybridized carbons (Fsp3) is 0.308. The number of carbonyl (C=O) groups excluding carboxylic acids is 1. The normalized spacial score (nSPS) is 10.7. The van der Waals surface area contributed by atoms with Crippen LogP contribution in [0.2, 0.25) is 5.02 Å². The summed E-state index contributed by atoms with van der Waals surface area (Å²) in [5.41, 5.74) is 0.569.